The Balaban J connectivity index is 1.98. The second-order valence-electron chi connectivity index (χ2n) is 6.31. The molecule has 0 fully saturated rings. The fourth-order valence-electron chi connectivity index (χ4n) is 2.52. The molecule has 0 saturated heterocycles. The highest BCUT2D eigenvalue weighted by atomic mass is 32.2. The minimum absolute atomic E-state index is 0.0244. The lowest BCUT2D eigenvalue weighted by molar-refractivity contribution is 0.580. The Kier molecular flexibility index (Phi) is 8.41. The number of halogens is 1. The van der Waals surface area contributed by atoms with Crippen LogP contribution in [0.2, 0.25) is 0 Å². The monoisotopic (exact) mass is 406 g/mol. The van der Waals surface area contributed by atoms with Crippen molar-refractivity contribution < 1.29 is 12.8 Å². The summed E-state index contributed by atoms with van der Waals surface area (Å²) in [7, 11) is -2.01. The van der Waals surface area contributed by atoms with Gasteiger partial charge in [-0.05, 0) is 41.8 Å². The van der Waals surface area contributed by atoms with Gasteiger partial charge in [0, 0.05) is 26.7 Å². The average Bonchev–Trinajstić information content (AvgIpc) is 2.69. The van der Waals surface area contributed by atoms with Crippen LogP contribution in [0.1, 0.15) is 30.9 Å². The fourth-order valence-corrected chi connectivity index (χ4v) is 3.61. The lowest BCUT2D eigenvalue weighted by Gasteiger charge is -2.12. The standard InChI is InChI=1S/C20H27FN4O2S/c1-3-4-11-23-20(22-2)24-14-17-8-6-10-19(13-17)28(26,27)25-15-16-7-5-9-18(21)12-16/h5-10,12-13,25H,3-4,11,14-15H2,1-2H3,(H2,22,23,24). The van der Waals surface area contributed by atoms with Gasteiger partial charge in [0.15, 0.2) is 5.96 Å². The SMILES string of the molecule is CCCCNC(=NC)NCc1cccc(S(=O)(=O)NCc2cccc(F)c2)c1. The van der Waals surface area contributed by atoms with Gasteiger partial charge in [-0.3, -0.25) is 4.99 Å². The largest absolute Gasteiger partial charge is 0.356 e. The predicted octanol–water partition coefficient (Wildman–Crippen LogP) is 2.77. The van der Waals surface area contributed by atoms with Crippen LogP contribution in [-0.2, 0) is 23.1 Å². The van der Waals surface area contributed by atoms with E-state index in [0.29, 0.717) is 18.1 Å². The van der Waals surface area contributed by atoms with Crippen molar-refractivity contribution in [2.75, 3.05) is 13.6 Å². The van der Waals surface area contributed by atoms with Crippen LogP contribution in [0.3, 0.4) is 0 Å². The molecule has 0 aromatic heterocycles. The highest BCUT2D eigenvalue weighted by Crippen LogP contribution is 2.13. The van der Waals surface area contributed by atoms with Crippen molar-refractivity contribution in [1.29, 1.82) is 0 Å². The smallest absolute Gasteiger partial charge is 0.240 e. The third kappa shape index (κ3) is 6.94. The molecule has 0 atom stereocenters. The zero-order valence-electron chi connectivity index (χ0n) is 16.2. The number of nitrogens with zero attached hydrogens (tertiary/aromatic N) is 1. The first-order valence-corrected chi connectivity index (χ1v) is 10.7. The number of aliphatic imine (C=N–C) groups is 1. The van der Waals surface area contributed by atoms with Crippen molar-refractivity contribution in [3.8, 4) is 0 Å². The fraction of sp³-hybridized carbons (Fsp3) is 0.350. The summed E-state index contributed by atoms with van der Waals surface area (Å²) in [6.07, 6.45) is 2.14. The lowest BCUT2D eigenvalue weighted by atomic mass is 10.2. The molecule has 0 aliphatic carbocycles. The molecule has 0 unspecified atom stereocenters. The van der Waals surface area contributed by atoms with Crippen LogP contribution in [0.25, 0.3) is 0 Å². The molecule has 0 heterocycles. The van der Waals surface area contributed by atoms with Crippen molar-refractivity contribution in [3.63, 3.8) is 0 Å². The average molecular weight is 407 g/mol. The molecule has 0 spiro atoms. The molecule has 2 rings (SSSR count). The normalized spacial score (nSPS) is 12.0. The Morgan fingerprint density at radius 2 is 1.75 bits per heavy atom. The Bertz CT molecular complexity index is 901. The third-order valence-electron chi connectivity index (χ3n) is 4.07. The number of benzene rings is 2. The maximum atomic E-state index is 13.2. The van der Waals surface area contributed by atoms with Crippen molar-refractivity contribution in [2.24, 2.45) is 4.99 Å². The minimum Gasteiger partial charge on any atom is -0.356 e. The molecule has 6 nitrogen and oxygen atoms in total. The summed E-state index contributed by atoms with van der Waals surface area (Å²) >= 11 is 0. The third-order valence-corrected chi connectivity index (χ3v) is 5.47. The molecule has 28 heavy (non-hydrogen) atoms. The predicted molar refractivity (Wildman–Crippen MR) is 110 cm³/mol. The van der Waals surface area contributed by atoms with E-state index in [1.807, 2.05) is 6.07 Å². The summed E-state index contributed by atoms with van der Waals surface area (Å²) in [6.45, 7) is 3.41. The summed E-state index contributed by atoms with van der Waals surface area (Å²) in [5.41, 5.74) is 1.37. The molecule has 8 heteroatoms. The van der Waals surface area contributed by atoms with Gasteiger partial charge in [-0.25, -0.2) is 17.5 Å². The Hall–Kier alpha value is -2.45. The van der Waals surface area contributed by atoms with E-state index < -0.39 is 15.8 Å². The van der Waals surface area contributed by atoms with E-state index in [4.69, 9.17) is 0 Å². The van der Waals surface area contributed by atoms with E-state index in [1.54, 1.807) is 31.3 Å². The summed E-state index contributed by atoms with van der Waals surface area (Å²) in [5.74, 6) is 0.275. The zero-order valence-corrected chi connectivity index (χ0v) is 17.0. The van der Waals surface area contributed by atoms with Gasteiger partial charge in [-0.15, -0.1) is 0 Å². The van der Waals surface area contributed by atoms with Gasteiger partial charge >= 0.3 is 0 Å². The van der Waals surface area contributed by atoms with E-state index in [2.05, 4.69) is 27.3 Å². The van der Waals surface area contributed by atoms with E-state index in [-0.39, 0.29) is 11.4 Å². The van der Waals surface area contributed by atoms with Crippen molar-refractivity contribution in [3.05, 3.63) is 65.5 Å². The molecule has 2 aromatic rings. The van der Waals surface area contributed by atoms with E-state index in [1.165, 1.54) is 18.2 Å². The molecule has 0 bridgehead atoms. The molecular weight excluding hydrogens is 379 g/mol. The second kappa shape index (κ2) is 10.8. The van der Waals surface area contributed by atoms with Crippen LogP contribution in [0.15, 0.2) is 58.4 Å². The van der Waals surface area contributed by atoms with Gasteiger partial charge in [-0.2, -0.15) is 0 Å². The van der Waals surface area contributed by atoms with Crippen LogP contribution in [0.4, 0.5) is 4.39 Å². The quantitative estimate of drug-likeness (QED) is 0.340. The van der Waals surface area contributed by atoms with Gasteiger partial charge in [0.2, 0.25) is 10.0 Å². The first-order valence-electron chi connectivity index (χ1n) is 9.22. The van der Waals surface area contributed by atoms with E-state index in [9.17, 15) is 12.8 Å². The van der Waals surface area contributed by atoms with Crippen LogP contribution in [0, 0.1) is 5.82 Å². The number of unbranched alkanes of at least 4 members (excludes halogenated alkanes) is 1. The highest BCUT2D eigenvalue weighted by Gasteiger charge is 2.14. The van der Waals surface area contributed by atoms with Crippen LogP contribution in [-0.4, -0.2) is 28.0 Å². The molecule has 2 aromatic carbocycles. The Morgan fingerprint density at radius 1 is 1.04 bits per heavy atom. The number of sulfonamides is 1. The molecule has 0 amide bonds. The second-order valence-corrected chi connectivity index (χ2v) is 8.07. The van der Waals surface area contributed by atoms with Crippen LogP contribution < -0.4 is 15.4 Å². The van der Waals surface area contributed by atoms with Gasteiger partial charge in [-0.1, -0.05) is 37.6 Å². The molecule has 0 aliphatic heterocycles. The number of hydrogen-bond donors (Lipinski definition) is 3. The van der Waals surface area contributed by atoms with Crippen LogP contribution >= 0.6 is 0 Å². The lowest BCUT2D eigenvalue weighted by Crippen LogP contribution is -2.37. The summed E-state index contributed by atoms with van der Waals surface area (Å²) in [6, 6.07) is 12.5. The summed E-state index contributed by atoms with van der Waals surface area (Å²) in [4.78, 5) is 4.31. The van der Waals surface area contributed by atoms with Gasteiger partial charge < -0.3 is 10.6 Å². The molecule has 0 aliphatic rings. The maximum Gasteiger partial charge on any atom is 0.240 e. The number of nitrogens with one attached hydrogen (secondary N) is 3. The maximum absolute atomic E-state index is 13.2. The zero-order chi connectivity index (χ0) is 20.4. The first kappa shape index (κ1) is 21.8. The highest BCUT2D eigenvalue weighted by molar-refractivity contribution is 7.89. The van der Waals surface area contributed by atoms with E-state index in [0.717, 1.165) is 24.9 Å². The van der Waals surface area contributed by atoms with Gasteiger partial charge in [0.05, 0.1) is 4.90 Å². The molecule has 152 valence electrons. The van der Waals surface area contributed by atoms with Gasteiger partial charge in [0.25, 0.3) is 0 Å². The topological polar surface area (TPSA) is 82.6 Å². The Labute approximate surface area is 166 Å². The molecule has 0 radical (unpaired) electrons. The first-order chi connectivity index (χ1) is 13.4. The number of guanidine groups is 1. The number of hydrogen-bond acceptors (Lipinski definition) is 3. The minimum atomic E-state index is -3.70. The van der Waals surface area contributed by atoms with Crippen LogP contribution in [0.5, 0.6) is 0 Å². The van der Waals surface area contributed by atoms with Crippen molar-refractivity contribution in [2.45, 2.75) is 37.8 Å². The van der Waals surface area contributed by atoms with Gasteiger partial charge in [0.1, 0.15) is 5.82 Å². The molecule has 0 saturated carbocycles. The van der Waals surface area contributed by atoms with Crippen molar-refractivity contribution in [1.82, 2.24) is 15.4 Å². The number of rotatable bonds is 9. The van der Waals surface area contributed by atoms with E-state index >= 15 is 0 Å². The Morgan fingerprint density at radius 3 is 2.43 bits per heavy atom. The summed E-state index contributed by atoms with van der Waals surface area (Å²) in [5, 5.41) is 6.38. The molecule has 3 N–H and O–H groups in total. The summed E-state index contributed by atoms with van der Waals surface area (Å²) < 4.78 is 40.8. The van der Waals surface area contributed by atoms with Crippen molar-refractivity contribution >= 4 is 16.0 Å². The molecular formula is C20H27FN4O2S.